The van der Waals surface area contributed by atoms with E-state index in [-0.39, 0.29) is 6.61 Å². The second-order valence-corrected chi connectivity index (χ2v) is 2.06. The predicted molar refractivity (Wildman–Crippen MR) is 39.7 cm³/mol. The van der Waals surface area contributed by atoms with Crippen molar-refractivity contribution >= 4 is 11.4 Å². The minimum atomic E-state index is -0.309. The monoisotopic (exact) mass is 137 g/mol. The average Bonchev–Trinajstić information content (AvgIpc) is 1.95. The van der Waals surface area contributed by atoms with Gasteiger partial charge in [-0.25, -0.2) is 5.11 Å². The number of nitrogens with two attached hydrogens (primary N) is 2. The molecule has 0 aromatic heterocycles. The van der Waals surface area contributed by atoms with Gasteiger partial charge in [-0.05, 0) is 6.07 Å². The second-order valence-electron chi connectivity index (χ2n) is 2.06. The third kappa shape index (κ3) is 1.04. The lowest BCUT2D eigenvalue weighted by Gasteiger charge is -2.02. The standard InChI is InChI=1S/C7H9N2O/c8-6-3-1-2-5(4-10)7(6)9/h1-3H,4,8-9H2. The smallest absolute Gasteiger partial charge is 0.109 e. The zero-order valence-corrected chi connectivity index (χ0v) is 5.50. The summed E-state index contributed by atoms with van der Waals surface area (Å²) in [6, 6.07) is 5.08. The van der Waals surface area contributed by atoms with Gasteiger partial charge >= 0.3 is 0 Å². The first-order valence-corrected chi connectivity index (χ1v) is 2.96. The van der Waals surface area contributed by atoms with Crippen LogP contribution in [0.25, 0.3) is 0 Å². The molecule has 3 heteroatoms. The summed E-state index contributed by atoms with van der Waals surface area (Å²) in [5, 5.41) is 10.4. The molecule has 3 nitrogen and oxygen atoms in total. The van der Waals surface area contributed by atoms with Gasteiger partial charge in [0.15, 0.2) is 0 Å². The first-order valence-electron chi connectivity index (χ1n) is 2.96. The molecule has 0 unspecified atom stereocenters. The van der Waals surface area contributed by atoms with E-state index in [1.165, 1.54) is 0 Å². The van der Waals surface area contributed by atoms with E-state index in [0.29, 0.717) is 16.9 Å². The number of hydrogen-bond acceptors (Lipinski definition) is 2. The molecule has 1 rings (SSSR count). The predicted octanol–water partition coefficient (Wildman–Crippen LogP) is 0.782. The SMILES string of the molecule is Nc1cccc(C[O])c1N. The highest BCUT2D eigenvalue weighted by Crippen LogP contribution is 2.18. The Bertz CT molecular complexity index is 235. The van der Waals surface area contributed by atoms with Crippen molar-refractivity contribution < 1.29 is 5.11 Å². The Labute approximate surface area is 59.3 Å². The van der Waals surface area contributed by atoms with E-state index in [9.17, 15) is 5.11 Å². The molecule has 0 fully saturated rings. The summed E-state index contributed by atoms with van der Waals surface area (Å²) in [5.41, 5.74) is 12.4. The molecule has 1 radical (unpaired) electrons. The van der Waals surface area contributed by atoms with Gasteiger partial charge in [0.1, 0.15) is 6.61 Å². The third-order valence-electron chi connectivity index (χ3n) is 1.39. The Morgan fingerprint density at radius 1 is 1.30 bits per heavy atom. The maximum Gasteiger partial charge on any atom is 0.109 e. The van der Waals surface area contributed by atoms with Crippen molar-refractivity contribution in [3.8, 4) is 0 Å². The molecule has 0 aliphatic carbocycles. The van der Waals surface area contributed by atoms with Crippen LogP contribution < -0.4 is 11.5 Å². The van der Waals surface area contributed by atoms with Gasteiger partial charge in [0.2, 0.25) is 0 Å². The Balaban J connectivity index is 3.14. The zero-order chi connectivity index (χ0) is 7.56. The van der Waals surface area contributed by atoms with Crippen LogP contribution in [0.1, 0.15) is 5.56 Å². The topological polar surface area (TPSA) is 71.9 Å². The van der Waals surface area contributed by atoms with Crippen LogP contribution in [0.4, 0.5) is 11.4 Å². The van der Waals surface area contributed by atoms with Crippen LogP contribution in [0.2, 0.25) is 0 Å². The number of nitrogen functional groups attached to an aromatic ring is 2. The summed E-state index contributed by atoms with van der Waals surface area (Å²) in [6.45, 7) is -0.309. The molecule has 0 spiro atoms. The van der Waals surface area contributed by atoms with Crippen molar-refractivity contribution in [2.24, 2.45) is 0 Å². The van der Waals surface area contributed by atoms with Gasteiger partial charge in [-0.1, -0.05) is 12.1 Å². The van der Waals surface area contributed by atoms with Crippen molar-refractivity contribution in [2.45, 2.75) is 6.61 Å². The first kappa shape index (κ1) is 6.89. The summed E-state index contributed by atoms with van der Waals surface area (Å²) in [7, 11) is 0. The summed E-state index contributed by atoms with van der Waals surface area (Å²) >= 11 is 0. The minimum Gasteiger partial charge on any atom is -0.397 e. The normalized spacial score (nSPS) is 9.70. The second kappa shape index (κ2) is 2.58. The Morgan fingerprint density at radius 2 is 2.00 bits per heavy atom. The third-order valence-corrected chi connectivity index (χ3v) is 1.39. The Kier molecular flexibility index (Phi) is 1.78. The molecule has 0 bridgehead atoms. The Morgan fingerprint density at radius 3 is 2.50 bits per heavy atom. The molecule has 0 atom stereocenters. The lowest BCUT2D eigenvalue weighted by Crippen LogP contribution is -1.98. The van der Waals surface area contributed by atoms with E-state index in [4.69, 9.17) is 11.5 Å². The number of anilines is 2. The van der Waals surface area contributed by atoms with Gasteiger partial charge in [0, 0.05) is 5.56 Å². The fourth-order valence-electron chi connectivity index (χ4n) is 0.759. The van der Waals surface area contributed by atoms with Crippen molar-refractivity contribution in [3.63, 3.8) is 0 Å². The Hall–Kier alpha value is -1.22. The minimum absolute atomic E-state index is 0.309. The van der Waals surface area contributed by atoms with E-state index < -0.39 is 0 Å². The van der Waals surface area contributed by atoms with Gasteiger partial charge in [0.25, 0.3) is 0 Å². The van der Waals surface area contributed by atoms with Crippen LogP contribution in [0.3, 0.4) is 0 Å². The van der Waals surface area contributed by atoms with E-state index in [1.54, 1.807) is 18.2 Å². The van der Waals surface area contributed by atoms with Gasteiger partial charge in [-0.3, -0.25) is 0 Å². The molecule has 0 saturated carbocycles. The molecule has 0 aliphatic heterocycles. The fraction of sp³-hybridized carbons (Fsp3) is 0.143. The van der Waals surface area contributed by atoms with Crippen LogP contribution >= 0.6 is 0 Å². The van der Waals surface area contributed by atoms with Crippen molar-refractivity contribution in [2.75, 3.05) is 11.5 Å². The number of hydrogen-bond donors (Lipinski definition) is 2. The maximum atomic E-state index is 10.4. The zero-order valence-electron chi connectivity index (χ0n) is 5.50. The van der Waals surface area contributed by atoms with E-state index >= 15 is 0 Å². The number of para-hydroxylation sites is 1. The van der Waals surface area contributed by atoms with Crippen LogP contribution in [-0.2, 0) is 11.7 Å². The quantitative estimate of drug-likeness (QED) is 0.561. The van der Waals surface area contributed by atoms with E-state index in [1.807, 2.05) is 0 Å². The highest BCUT2D eigenvalue weighted by molar-refractivity contribution is 5.66. The molecular formula is C7H9N2O. The summed E-state index contributed by atoms with van der Waals surface area (Å²) in [4.78, 5) is 0. The molecule has 1 aromatic carbocycles. The summed E-state index contributed by atoms with van der Waals surface area (Å²) in [6.07, 6.45) is 0. The van der Waals surface area contributed by atoms with Crippen molar-refractivity contribution in [3.05, 3.63) is 23.8 Å². The molecule has 1 aromatic rings. The largest absolute Gasteiger partial charge is 0.397 e. The van der Waals surface area contributed by atoms with E-state index in [2.05, 4.69) is 0 Å². The first-order chi connectivity index (χ1) is 4.75. The van der Waals surface area contributed by atoms with Crippen LogP contribution in [0.5, 0.6) is 0 Å². The number of benzene rings is 1. The molecule has 10 heavy (non-hydrogen) atoms. The molecule has 0 saturated heterocycles. The lowest BCUT2D eigenvalue weighted by molar-refractivity contribution is 0.178. The maximum absolute atomic E-state index is 10.4. The van der Waals surface area contributed by atoms with Crippen LogP contribution in [0, 0.1) is 0 Å². The summed E-state index contributed by atoms with van der Waals surface area (Å²) < 4.78 is 0. The fourth-order valence-corrected chi connectivity index (χ4v) is 0.759. The summed E-state index contributed by atoms with van der Waals surface area (Å²) in [5.74, 6) is 0. The average molecular weight is 137 g/mol. The van der Waals surface area contributed by atoms with Crippen molar-refractivity contribution in [1.29, 1.82) is 0 Å². The molecule has 4 N–H and O–H groups in total. The van der Waals surface area contributed by atoms with Gasteiger partial charge in [0.05, 0.1) is 11.4 Å². The molecule has 0 aliphatic rings. The van der Waals surface area contributed by atoms with Gasteiger partial charge in [-0.15, -0.1) is 0 Å². The molecular weight excluding hydrogens is 128 g/mol. The van der Waals surface area contributed by atoms with Gasteiger partial charge < -0.3 is 11.5 Å². The molecule has 0 heterocycles. The number of rotatable bonds is 1. The highest BCUT2D eigenvalue weighted by Gasteiger charge is 1.99. The van der Waals surface area contributed by atoms with Gasteiger partial charge in [-0.2, -0.15) is 0 Å². The molecule has 53 valence electrons. The lowest BCUT2D eigenvalue weighted by atomic mass is 10.1. The highest BCUT2D eigenvalue weighted by atomic mass is 16.3. The van der Waals surface area contributed by atoms with Crippen LogP contribution in [0.15, 0.2) is 18.2 Å². The van der Waals surface area contributed by atoms with Crippen LogP contribution in [-0.4, -0.2) is 0 Å². The van der Waals surface area contributed by atoms with Crippen molar-refractivity contribution in [1.82, 2.24) is 0 Å². The molecule has 0 amide bonds. The van der Waals surface area contributed by atoms with E-state index in [0.717, 1.165) is 0 Å².